The van der Waals surface area contributed by atoms with Crippen LogP contribution >= 0.6 is 11.6 Å². The number of benzene rings is 1. The molecule has 0 bridgehead atoms. The van der Waals surface area contributed by atoms with Gasteiger partial charge in [0.05, 0.1) is 10.7 Å². The monoisotopic (exact) mass is 524 g/mol. The molecule has 0 saturated heterocycles. The van der Waals surface area contributed by atoms with Gasteiger partial charge in [-0.3, -0.25) is 15.6 Å². The number of carbonyl (C=O) groups excluding carboxylic acids is 1. The third-order valence-corrected chi connectivity index (χ3v) is 5.14. The molecule has 36 heavy (non-hydrogen) atoms. The summed E-state index contributed by atoms with van der Waals surface area (Å²) in [7, 11) is 0. The number of guanidine groups is 1. The number of oxime groups is 1. The van der Waals surface area contributed by atoms with E-state index in [1.54, 1.807) is 25.1 Å². The average molecular weight is 525 g/mol. The van der Waals surface area contributed by atoms with Gasteiger partial charge in [-0.2, -0.15) is 5.10 Å². The van der Waals surface area contributed by atoms with Crippen LogP contribution in [-0.2, 0) is 14.4 Å². The van der Waals surface area contributed by atoms with Crippen molar-refractivity contribution in [3.8, 4) is 0 Å². The molecule has 1 aliphatic rings. The summed E-state index contributed by atoms with van der Waals surface area (Å²) in [5.74, 6) is -1.31. The van der Waals surface area contributed by atoms with Crippen molar-refractivity contribution in [1.29, 1.82) is 5.41 Å². The number of para-hydroxylation sites is 1. The lowest BCUT2D eigenvalue weighted by Crippen LogP contribution is -2.30. The normalized spacial score (nSPS) is 12.9. The maximum atomic E-state index is 11.2. The maximum Gasteiger partial charge on any atom is 0.387 e. The van der Waals surface area contributed by atoms with E-state index >= 15 is 0 Å². The Kier molecular flexibility index (Phi) is 19.3. The van der Waals surface area contributed by atoms with Gasteiger partial charge >= 0.3 is 5.97 Å². The van der Waals surface area contributed by atoms with Gasteiger partial charge < -0.3 is 21.0 Å². The molecule has 1 heterocycles. The first-order valence-electron chi connectivity index (χ1n) is 12.3. The van der Waals surface area contributed by atoms with Crippen LogP contribution in [0.3, 0.4) is 0 Å². The second-order valence-corrected chi connectivity index (χ2v) is 8.56. The van der Waals surface area contributed by atoms with Crippen LogP contribution in [0.5, 0.6) is 0 Å². The topological polar surface area (TPSA) is 162 Å². The molecule has 1 aromatic carbocycles. The van der Waals surface area contributed by atoms with E-state index in [-0.39, 0.29) is 11.7 Å². The minimum atomic E-state index is -0.833. The molecule has 1 aliphatic heterocycles. The summed E-state index contributed by atoms with van der Waals surface area (Å²) in [5.41, 5.74) is 9.08. The van der Waals surface area contributed by atoms with E-state index in [9.17, 15) is 4.79 Å². The Morgan fingerprint density at radius 3 is 2.11 bits per heavy atom. The molecule has 0 unspecified atom stereocenters. The molecule has 0 atom stereocenters. The second kappa shape index (κ2) is 21.2. The van der Waals surface area contributed by atoms with E-state index in [1.165, 1.54) is 57.8 Å². The van der Waals surface area contributed by atoms with Gasteiger partial charge in [0.1, 0.15) is 5.71 Å². The van der Waals surface area contributed by atoms with Crippen LogP contribution in [0.4, 0.5) is 5.69 Å². The van der Waals surface area contributed by atoms with Crippen LogP contribution < -0.4 is 16.5 Å². The lowest BCUT2D eigenvalue weighted by molar-refractivity contribution is -0.135. The zero-order chi connectivity index (χ0) is 27.2. The maximum absolute atomic E-state index is 11.2. The third-order valence-electron chi connectivity index (χ3n) is 4.81. The number of hydrazone groups is 1. The smallest absolute Gasteiger partial charge is 0.387 e. The summed E-state index contributed by atoms with van der Waals surface area (Å²) >= 11 is 5.90. The molecule has 1 aromatic rings. The number of aliphatic carboxylic acids is 1. The van der Waals surface area contributed by atoms with Crippen molar-refractivity contribution in [2.45, 2.75) is 85.0 Å². The minimum absolute atomic E-state index is 0.0934. The molecule has 0 aliphatic carbocycles. The zero-order valence-corrected chi connectivity index (χ0v) is 22.4. The lowest BCUT2D eigenvalue weighted by atomic mass is 10.1. The van der Waals surface area contributed by atoms with E-state index in [4.69, 9.17) is 32.6 Å². The number of carboxylic acid groups (broad SMARTS) is 1. The van der Waals surface area contributed by atoms with E-state index < -0.39 is 11.9 Å². The van der Waals surface area contributed by atoms with Gasteiger partial charge in [0.15, 0.2) is 11.7 Å². The van der Waals surface area contributed by atoms with Gasteiger partial charge in [0.25, 0.3) is 5.97 Å². The summed E-state index contributed by atoms with van der Waals surface area (Å²) in [6.45, 7) is 5.83. The number of carbonyl (C=O) groups is 2. The molecule has 0 amide bonds. The molecule has 0 aromatic heterocycles. The summed E-state index contributed by atoms with van der Waals surface area (Å²) in [4.78, 5) is 24.6. The van der Waals surface area contributed by atoms with E-state index in [0.29, 0.717) is 16.4 Å². The Labute approximate surface area is 219 Å². The molecule has 11 heteroatoms. The van der Waals surface area contributed by atoms with E-state index in [1.807, 2.05) is 6.07 Å². The molecule has 202 valence electrons. The number of unbranched alkanes of at least 4 members (excludes halogenated alkanes) is 9. The summed E-state index contributed by atoms with van der Waals surface area (Å²) < 4.78 is 0. The molecule has 0 fully saturated rings. The molecule has 0 spiro atoms. The Morgan fingerprint density at radius 2 is 1.64 bits per heavy atom. The van der Waals surface area contributed by atoms with Crippen molar-refractivity contribution in [2.24, 2.45) is 16.0 Å². The number of rotatable bonds is 13. The highest BCUT2D eigenvalue weighted by atomic mass is 35.5. The Hall–Kier alpha value is -3.14. The predicted octanol–water partition coefficient (Wildman–Crippen LogP) is 5.52. The molecule has 0 radical (unpaired) electrons. The van der Waals surface area contributed by atoms with Crippen molar-refractivity contribution in [1.82, 2.24) is 5.32 Å². The Balaban J connectivity index is 0.000000593. The Bertz CT molecular complexity index is 857. The SMILES string of the molecule is CC(=O)O.CC1=NOC(=O)/C1=N/Nc1ccccc1Cl.CCCCCCCCCCCCNC(=N)N. The number of carboxylic acids is 1. The molecule has 6 N–H and O–H groups in total. The average Bonchev–Trinajstić information content (AvgIpc) is 3.14. The minimum Gasteiger partial charge on any atom is -0.481 e. The fourth-order valence-corrected chi connectivity index (χ4v) is 3.15. The Morgan fingerprint density at radius 1 is 1.11 bits per heavy atom. The number of hydrogen-bond acceptors (Lipinski definition) is 7. The number of nitrogens with zero attached hydrogens (tertiary/aromatic N) is 2. The van der Waals surface area contributed by atoms with Gasteiger partial charge in [0, 0.05) is 13.5 Å². The van der Waals surface area contributed by atoms with Crippen molar-refractivity contribution in [3.63, 3.8) is 0 Å². The third kappa shape index (κ3) is 18.2. The van der Waals surface area contributed by atoms with Crippen LogP contribution in [0.25, 0.3) is 0 Å². The summed E-state index contributed by atoms with van der Waals surface area (Å²) in [6, 6.07) is 7.08. The molecule has 10 nitrogen and oxygen atoms in total. The van der Waals surface area contributed by atoms with Crippen molar-refractivity contribution >= 4 is 46.6 Å². The molecular weight excluding hydrogens is 484 g/mol. The standard InChI is InChI=1S/C13H29N3.C10H8ClN3O2.C2H4O2/c1-2-3-4-5-6-7-8-9-10-11-12-16-13(14)15;1-6-9(10(15)16-14-6)13-12-8-5-3-2-4-7(8)11;1-2(3)4/h2-12H2,1H3,(H4,14,15,16);2-5,12H,1H3;1H3,(H,3,4)/b;13-9+;. The highest BCUT2D eigenvalue weighted by Gasteiger charge is 2.24. The van der Waals surface area contributed by atoms with Crippen LogP contribution in [0.1, 0.15) is 85.0 Å². The van der Waals surface area contributed by atoms with Gasteiger partial charge in [0.2, 0.25) is 0 Å². The fourth-order valence-electron chi connectivity index (χ4n) is 2.97. The molecular formula is C25H41ClN6O4. The number of hydrogen-bond donors (Lipinski definition) is 5. The highest BCUT2D eigenvalue weighted by Crippen LogP contribution is 2.20. The quantitative estimate of drug-likeness (QED) is 0.0745. The number of nitrogens with two attached hydrogens (primary N) is 1. The molecule has 2 rings (SSSR count). The van der Waals surface area contributed by atoms with Gasteiger partial charge in [-0.1, -0.05) is 93.6 Å². The lowest BCUT2D eigenvalue weighted by Gasteiger charge is -2.03. The van der Waals surface area contributed by atoms with Crippen molar-refractivity contribution in [2.75, 3.05) is 12.0 Å². The van der Waals surface area contributed by atoms with Crippen LogP contribution in [0.2, 0.25) is 5.02 Å². The number of nitrogens with one attached hydrogen (secondary N) is 3. The zero-order valence-electron chi connectivity index (χ0n) is 21.6. The first-order chi connectivity index (χ1) is 17.2. The first kappa shape index (κ1) is 32.9. The van der Waals surface area contributed by atoms with E-state index in [0.717, 1.165) is 19.9 Å². The number of halogens is 1. The molecule has 0 saturated carbocycles. The summed E-state index contributed by atoms with van der Waals surface area (Å²) in [5, 5.41) is 25.1. The van der Waals surface area contributed by atoms with Crippen LogP contribution in [0, 0.1) is 5.41 Å². The summed E-state index contributed by atoms with van der Waals surface area (Å²) in [6.07, 6.45) is 13.5. The van der Waals surface area contributed by atoms with Crippen LogP contribution in [0.15, 0.2) is 34.5 Å². The van der Waals surface area contributed by atoms with Crippen molar-refractivity contribution < 1.29 is 19.5 Å². The van der Waals surface area contributed by atoms with Gasteiger partial charge in [-0.05, 0) is 25.5 Å². The van der Waals surface area contributed by atoms with Crippen molar-refractivity contribution in [3.05, 3.63) is 29.3 Å². The van der Waals surface area contributed by atoms with E-state index in [2.05, 4.69) is 32.8 Å². The second-order valence-electron chi connectivity index (χ2n) is 8.15. The fraction of sp³-hybridized carbons (Fsp3) is 0.560. The van der Waals surface area contributed by atoms with Gasteiger partial charge in [-0.15, -0.1) is 0 Å². The number of anilines is 1. The van der Waals surface area contributed by atoms with Gasteiger partial charge in [-0.25, -0.2) is 4.79 Å². The highest BCUT2D eigenvalue weighted by molar-refractivity contribution is 6.66. The predicted molar refractivity (Wildman–Crippen MR) is 147 cm³/mol. The largest absolute Gasteiger partial charge is 0.481 e. The van der Waals surface area contributed by atoms with Crippen LogP contribution in [-0.4, -0.2) is 41.0 Å². The first-order valence-corrected chi connectivity index (χ1v) is 12.7.